The van der Waals surface area contributed by atoms with Crippen LogP contribution in [-0.4, -0.2) is 34.1 Å². The minimum Gasteiger partial charge on any atom is -0.508 e. The quantitative estimate of drug-likeness (QED) is 0.787. The molecule has 0 aromatic heterocycles. The van der Waals surface area contributed by atoms with Crippen LogP contribution in [0, 0.1) is 0 Å². The van der Waals surface area contributed by atoms with Gasteiger partial charge in [0, 0.05) is 16.4 Å². The average molecular weight is 283 g/mol. The fourth-order valence-electron chi connectivity index (χ4n) is 2.20. The number of rotatable bonds is 3. The standard InChI is InChI=1S/C13H17NO4S/c1-13(2)10(12(16)17)14-11(19-13)8-5-4-7(15)6-9(8)18-3/h4-6,10-11,14-15H,1-3H3,(H,16,17). The van der Waals surface area contributed by atoms with Gasteiger partial charge in [0.1, 0.15) is 17.5 Å². The number of aromatic hydroxyl groups is 1. The summed E-state index contributed by atoms with van der Waals surface area (Å²) in [5, 5.41) is 21.6. The maximum Gasteiger partial charge on any atom is 0.322 e. The number of nitrogens with one attached hydrogen (secondary N) is 1. The van der Waals surface area contributed by atoms with Crippen LogP contribution in [0.15, 0.2) is 18.2 Å². The molecule has 0 amide bonds. The summed E-state index contributed by atoms with van der Waals surface area (Å²) in [4.78, 5) is 11.3. The summed E-state index contributed by atoms with van der Waals surface area (Å²) in [6.07, 6.45) is 0. The fraction of sp³-hybridized carbons (Fsp3) is 0.462. The molecule has 2 atom stereocenters. The van der Waals surface area contributed by atoms with Crippen molar-refractivity contribution < 1.29 is 19.7 Å². The molecule has 5 nitrogen and oxygen atoms in total. The molecular weight excluding hydrogens is 266 g/mol. The number of ether oxygens (including phenoxy) is 1. The number of hydrogen-bond donors (Lipinski definition) is 3. The van der Waals surface area contributed by atoms with Crippen molar-refractivity contribution in [3.8, 4) is 11.5 Å². The number of aliphatic carboxylic acids is 1. The molecule has 1 heterocycles. The first kappa shape index (κ1) is 14.0. The molecule has 6 heteroatoms. The van der Waals surface area contributed by atoms with Gasteiger partial charge in [0.25, 0.3) is 0 Å². The van der Waals surface area contributed by atoms with Gasteiger partial charge in [-0.2, -0.15) is 0 Å². The first-order chi connectivity index (χ1) is 8.85. The second-order valence-corrected chi connectivity index (χ2v) is 6.72. The van der Waals surface area contributed by atoms with Crippen molar-refractivity contribution in [3.05, 3.63) is 23.8 Å². The summed E-state index contributed by atoms with van der Waals surface area (Å²) >= 11 is 1.54. The van der Waals surface area contributed by atoms with Gasteiger partial charge >= 0.3 is 5.97 Å². The van der Waals surface area contributed by atoms with Crippen molar-refractivity contribution in [2.45, 2.75) is 30.0 Å². The molecule has 104 valence electrons. The third-order valence-electron chi connectivity index (χ3n) is 3.18. The normalized spacial score (nSPS) is 25.2. The van der Waals surface area contributed by atoms with Gasteiger partial charge in [-0.15, -0.1) is 11.8 Å². The van der Waals surface area contributed by atoms with E-state index in [1.807, 2.05) is 13.8 Å². The highest BCUT2D eigenvalue weighted by atomic mass is 32.2. The van der Waals surface area contributed by atoms with Gasteiger partial charge in [0.05, 0.1) is 12.5 Å². The van der Waals surface area contributed by atoms with Crippen LogP contribution < -0.4 is 10.1 Å². The first-order valence-corrected chi connectivity index (χ1v) is 6.76. The lowest BCUT2D eigenvalue weighted by molar-refractivity contribution is -0.139. The zero-order chi connectivity index (χ0) is 14.2. The Morgan fingerprint density at radius 1 is 1.47 bits per heavy atom. The van der Waals surface area contributed by atoms with E-state index in [9.17, 15) is 15.0 Å². The number of carboxylic acids is 1. The molecule has 1 aliphatic rings. The summed E-state index contributed by atoms with van der Waals surface area (Å²) in [5.74, 6) is -0.192. The molecular formula is C13H17NO4S. The number of thioether (sulfide) groups is 1. The molecule has 0 radical (unpaired) electrons. The van der Waals surface area contributed by atoms with Crippen LogP contribution in [0.4, 0.5) is 0 Å². The molecule has 0 aliphatic carbocycles. The van der Waals surface area contributed by atoms with E-state index in [0.717, 1.165) is 5.56 Å². The zero-order valence-electron chi connectivity index (χ0n) is 11.0. The van der Waals surface area contributed by atoms with Crippen molar-refractivity contribution in [1.29, 1.82) is 0 Å². The lowest BCUT2D eigenvalue weighted by Crippen LogP contribution is -2.43. The van der Waals surface area contributed by atoms with E-state index in [0.29, 0.717) is 5.75 Å². The largest absolute Gasteiger partial charge is 0.508 e. The van der Waals surface area contributed by atoms with E-state index >= 15 is 0 Å². The van der Waals surface area contributed by atoms with Crippen molar-refractivity contribution in [1.82, 2.24) is 5.32 Å². The Balaban J connectivity index is 2.32. The molecule has 2 rings (SSSR count). The van der Waals surface area contributed by atoms with E-state index in [1.165, 1.54) is 24.9 Å². The number of hydrogen-bond acceptors (Lipinski definition) is 5. The number of phenolic OH excluding ortho intramolecular Hbond substituents is 1. The van der Waals surface area contributed by atoms with E-state index in [1.54, 1.807) is 12.1 Å². The van der Waals surface area contributed by atoms with Crippen molar-refractivity contribution in [3.63, 3.8) is 0 Å². The van der Waals surface area contributed by atoms with Gasteiger partial charge in [-0.05, 0) is 26.0 Å². The SMILES string of the molecule is COc1cc(O)ccc1C1NC(C(=O)O)C(C)(C)S1. The predicted molar refractivity (Wildman–Crippen MR) is 73.6 cm³/mol. The molecule has 19 heavy (non-hydrogen) atoms. The molecule has 2 unspecified atom stereocenters. The van der Waals surface area contributed by atoms with Crippen molar-refractivity contribution in [2.75, 3.05) is 7.11 Å². The zero-order valence-corrected chi connectivity index (χ0v) is 11.8. The highest BCUT2D eigenvalue weighted by Gasteiger charge is 2.46. The first-order valence-electron chi connectivity index (χ1n) is 5.88. The number of carbonyl (C=O) groups is 1. The van der Waals surface area contributed by atoms with E-state index in [4.69, 9.17) is 4.74 Å². The molecule has 1 aliphatic heterocycles. The topological polar surface area (TPSA) is 78.8 Å². The van der Waals surface area contributed by atoms with Crippen molar-refractivity contribution >= 4 is 17.7 Å². The Kier molecular flexibility index (Phi) is 3.64. The van der Waals surface area contributed by atoms with Crippen LogP contribution in [0.1, 0.15) is 24.8 Å². The second-order valence-electron chi connectivity index (χ2n) is 4.97. The molecule has 0 bridgehead atoms. The molecule has 3 N–H and O–H groups in total. The highest BCUT2D eigenvalue weighted by Crippen LogP contribution is 2.48. The minimum atomic E-state index is -0.863. The maximum absolute atomic E-state index is 11.3. The van der Waals surface area contributed by atoms with Crippen molar-refractivity contribution in [2.24, 2.45) is 0 Å². The second kappa shape index (κ2) is 4.94. The molecule has 1 aromatic rings. The van der Waals surface area contributed by atoms with Crippen LogP contribution in [0.3, 0.4) is 0 Å². The van der Waals surface area contributed by atoms with Gasteiger partial charge in [-0.3, -0.25) is 10.1 Å². The smallest absolute Gasteiger partial charge is 0.322 e. The monoisotopic (exact) mass is 283 g/mol. The summed E-state index contributed by atoms with van der Waals surface area (Å²) in [7, 11) is 1.53. The van der Waals surface area contributed by atoms with E-state index in [2.05, 4.69) is 5.32 Å². The summed E-state index contributed by atoms with van der Waals surface area (Å²) in [6, 6.07) is 4.22. The van der Waals surface area contributed by atoms with Crippen LogP contribution >= 0.6 is 11.8 Å². The van der Waals surface area contributed by atoms with Gasteiger partial charge in [0.2, 0.25) is 0 Å². The number of phenols is 1. The maximum atomic E-state index is 11.3. The Morgan fingerprint density at radius 3 is 2.68 bits per heavy atom. The summed E-state index contributed by atoms with van der Waals surface area (Å²) in [6.45, 7) is 3.80. The lowest BCUT2D eigenvalue weighted by atomic mass is 10.0. The van der Waals surface area contributed by atoms with Crippen LogP contribution in [-0.2, 0) is 4.79 Å². The average Bonchev–Trinajstić information content (AvgIpc) is 2.64. The van der Waals surface area contributed by atoms with E-state index < -0.39 is 16.8 Å². The molecule has 1 saturated heterocycles. The third kappa shape index (κ3) is 2.64. The van der Waals surface area contributed by atoms with Gasteiger partial charge < -0.3 is 14.9 Å². The van der Waals surface area contributed by atoms with Gasteiger partial charge in [-0.25, -0.2) is 0 Å². The molecule has 0 spiro atoms. The Labute approximate surface area is 116 Å². The van der Waals surface area contributed by atoms with Crippen LogP contribution in [0.5, 0.6) is 11.5 Å². The van der Waals surface area contributed by atoms with Gasteiger partial charge in [-0.1, -0.05) is 0 Å². The van der Waals surface area contributed by atoms with E-state index in [-0.39, 0.29) is 11.1 Å². The predicted octanol–water partition coefficient (Wildman–Crippen LogP) is 1.97. The summed E-state index contributed by atoms with van der Waals surface area (Å²) < 4.78 is 4.82. The van der Waals surface area contributed by atoms with Crippen LogP contribution in [0.25, 0.3) is 0 Å². The molecule has 1 aromatic carbocycles. The Morgan fingerprint density at radius 2 is 2.16 bits per heavy atom. The lowest BCUT2D eigenvalue weighted by Gasteiger charge is -2.20. The number of methoxy groups -OCH3 is 1. The van der Waals surface area contributed by atoms with Crippen LogP contribution in [0.2, 0.25) is 0 Å². The summed E-state index contributed by atoms with van der Waals surface area (Å²) in [5.41, 5.74) is 0.835. The minimum absolute atomic E-state index is 0.123. The number of carboxylic acid groups (broad SMARTS) is 1. The highest BCUT2D eigenvalue weighted by molar-refractivity contribution is 8.01. The Hall–Kier alpha value is -1.40. The number of benzene rings is 1. The third-order valence-corrected chi connectivity index (χ3v) is 4.65. The molecule has 0 saturated carbocycles. The Bertz CT molecular complexity index is 503. The van der Waals surface area contributed by atoms with Gasteiger partial charge in [0.15, 0.2) is 0 Å². The molecule has 1 fully saturated rings. The fourth-order valence-corrected chi connectivity index (χ4v) is 3.63.